The van der Waals surface area contributed by atoms with Gasteiger partial charge in [0.25, 0.3) is 0 Å². The second-order valence-corrected chi connectivity index (χ2v) is 6.54. The van der Waals surface area contributed by atoms with Crippen LogP contribution in [0.3, 0.4) is 0 Å². The van der Waals surface area contributed by atoms with E-state index in [1.165, 1.54) is 5.56 Å². The van der Waals surface area contributed by atoms with Gasteiger partial charge < -0.3 is 19.5 Å². The summed E-state index contributed by atoms with van der Waals surface area (Å²) in [6.07, 6.45) is 0.522. The minimum atomic E-state index is -0.263. The zero-order valence-electron chi connectivity index (χ0n) is 17.3. The van der Waals surface area contributed by atoms with Crippen molar-refractivity contribution in [1.29, 1.82) is 5.26 Å². The Bertz CT molecular complexity index is 858. The summed E-state index contributed by atoms with van der Waals surface area (Å²) < 4.78 is 17.4. The lowest BCUT2D eigenvalue weighted by molar-refractivity contribution is -0.120. The molecule has 0 spiro atoms. The van der Waals surface area contributed by atoms with E-state index in [-0.39, 0.29) is 12.3 Å². The first-order valence-electron chi connectivity index (χ1n) is 9.76. The Morgan fingerprint density at radius 2 is 1.79 bits per heavy atom. The molecule has 6 heteroatoms. The normalized spacial score (nSPS) is 10.1. The molecular weight excluding hydrogens is 368 g/mol. The van der Waals surface area contributed by atoms with Crippen molar-refractivity contribution >= 4 is 5.91 Å². The van der Waals surface area contributed by atoms with Crippen LogP contribution in [0.25, 0.3) is 0 Å². The molecule has 0 atom stereocenters. The summed E-state index contributed by atoms with van der Waals surface area (Å²) in [5.74, 6) is 1.93. The van der Waals surface area contributed by atoms with Crippen molar-refractivity contribution in [2.45, 2.75) is 33.6 Å². The van der Waals surface area contributed by atoms with Gasteiger partial charge in [-0.25, -0.2) is 0 Å². The Kier molecular flexibility index (Phi) is 8.84. The smallest absolute Gasteiger partial charge is 0.234 e. The van der Waals surface area contributed by atoms with E-state index in [0.717, 1.165) is 16.9 Å². The van der Waals surface area contributed by atoms with Crippen LogP contribution in [0.15, 0.2) is 36.4 Å². The van der Waals surface area contributed by atoms with Crippen molar-refractivity contribution < 1.29 is 19.0 Å². The lowest BCUT2D eigenvalue weighted by Crippen LogP contribution is -2.24. The molecule has 0 aliphatic heterocycles. The van der Waals surface area contributed by atoms with Crippen LogP contribution in [0.1, 0.15) is 30.0 Å². The number of ether oxygens (including phenoxy) is 3. The van der Waals surface area contributed by atoms with Crippen molar-refractivity contribution in [2.75, 3.05) is 26.4 Å². The van der Waals surface area contributed by atoms with Crippen molar-refractivity contribution in [1.82, 2.24) is 5.32 Å². The molecule has 0 heterocycles. The van der Waals surface area contributed by atoms with Crippen molar-refractivity contribution in [3.05, 3.63) is 53.1 Å². The lowest BCUT2D eigenvalue weighted by atomic mass is 10.1. The fourth-order valence-electron chi connectivity index (χ4n) is 2.76. The molecule has 0 aliphatic rings. The third-order valence-corrected chi connectivity index (χ3v) is 4.44. The quantitative estimate of drug-likeness (QED) is 0.585. The monoisotopic (exact) mass is 396 g/mol. The molecule has 2 aromatic rings. The predicted octanol–water partition coefficient (Wildman–Crippen LogP) is 3.73. The summed E-state index contributed by atoms with van der Waals surface area (Å²) in [7, 11) is 0. The molecule has 1 amide bonds. The van der Waals surface area contributed by atoms with E-state index < -0.39 is 0 Å². The third kappa shape index (κ3) is 7.04. The Hall–Kier alpha value is -3.20. The third-order valence-electron chi connectivity index (χ3n) is 4.44. The SMILES string of the molecule is CCOc1cc(CCNC(=O)CC#N)ccc1OCCOc1cccc(C)c1C. The number of aryl methyl sites for hydroxylation is 1. The van der Waals surface area contributed by atoms with Crippen LogP contribution in [-0.4, -0.2) is 32.3 Å². The Morgan fingerprint density at radius 3 is 2.52 bits per heavy atom. The van der Waals surface area contributed by atoms with Gasteiger partial charge in [-0.3, -0.25) is 4.79 Å². The van der Waals surface area contributed by atoms with Gasteiger partial charge in [0, 0.05) is 6.54 Å². The Balaban J connectivity index is 1.88. The highest BCUT2D eigenvalue weighted by atomic mass is 16.5. The molecular formula is C23H28N2O4. The van der Waals surface area contributed by atoms with E-state index in [2.05, 4.69) is 18.3 Å². The first kappa shape index (κ1) is 22.1. The first-order chi connectivity index (χ1) is 14.0. The molecule has 2 rings (SSSR count). The number of carbonyl (C=O) groups is 1. The number of rotatable bonds is 11. The van der Waals surface area contributed by atoms with Gasteiger partial charge in [0.2, 0.25) is 5.91 Å². The van der Waals surface area contributed by atoms with E-state index in [9.17, 15) is 4.79 Å². The van der Waals surface area contributed by atoms with E-state index in [4.69, 9.17) is 19.5 Å². The molecule has 6 nitrogen and oxygen atoms in total. The molecule has 0 saturated heterocycles. The molecule has 0 fully saturated rings. The maximum atomic E-state index is 11.4. The van der Waals surface area contributed by atoms with Crippen LogP contribution >= 0.6 is 0 Å². The number of nitrogens with one attached hydrogen (secondary N) is 1. The number of hydrogen-bond donors (Lipinski definition) is 1. The van der Waals surface area contributed by atoms with E-state index >= 15 is 0 Å². The molecule has 0 aliphatic carbocycles. The Labute approximate surface area is 172 Å². The van der Waals surface area contributed by atoms with Gasteiger partial charge in [-0.15, -0.1) is 0 Å². The number of amides is 1. The zero-order chi connectivity index (χ0) is 21.1. The highest BCUT2D eigenvalue weighted by Gasteiger charge is 2.08. The van der Waals surface area contributed by atoms with Crippen molar-refractivity contribution in [3.8, 4) is 23.3 Å². The van der Waals surface area contributed by atoms with E-state index in [1.54, 1.807) is 0 Å². The highest BCUT2D eigenvalue weighted by Crippen LogP contribution is 2.29. The van der Waals surface area contributed by atoms with Crippen molar-refractivity contribution in [2.24, 2.45) is 0 Å². The Morgan fingerprint density at radius 1 is 1.03 bits per heavy atom. The second-order valence-electron chi connectivity index (χ2n) is 6.54. The molecule has 154 valence electrons. The molecule has 2 aromatic carbocycles. The molecule has 0 saturated carbocycles. The maximum absolute atomic E-state index is 11.4. The van der Waals surface area contributed by atoms with Crippen LogP contribution in [-0.2, 0) is 11.2 Å². The fraction of sp³-hybridized carbons (Fsp3) is 0.391. The van der Waals surface area contributed by atoms with Crippen molar-refractivity contribution in [3.63, 3.8) is 0 Å². The summed E-state index contributed by atoms with van der Waals surface area (Å²) in [5, 5.41) is 11.2. The standard InChI is InChI=1S/C23H28N2O4/c1-4-27-22-16-19(11-13-25-23(26)10-12-24)8-9-21(22)29-15-14-28-20-7-5-6-17(2)18(20)3/h5-9,16H,4,10-11,13-15H2,1-3H3,(H,25,26). The molecule has 1 N–H and O–H groups in total. The summed E-state index contributed by atoms with van der Waals surface area (Å²) in [4.78, 5) is 11.4. The average Bonchev–Trinajstić information content (AvgIpc) is 2.70. The molecule has 0 unspecified atom stereocenters. The lowest BCUT2D eigenvalue weighted by Gasteiger charge is -2.15. The van der Waals surface area contributed by atoms with Gasteiger partial charge in [0.1, 0.15) is 25.4 Å². The summed E-state index contributed by atoms with van der Waals surface area (Å²) in [6.45, 7) is 7.85. The minimum Gasteiger partial charge on any atom is -0.490 e. The topological polar surface area (TPSA) is 80.6 Å². The van der Waals surface area contributed by atoms with Gasteiger partial charge in [-0.2, -0.15) is 5.26 Å². The van der Waals surface area contributed by atoms with Gasteiger partial charge in [-0.05, 0) is 62.1 Å². The van der Waals surface area contributed by atoms with Gasteiger partial charge in [0.05, 0.1) is 12.7 Å². The van der Waals surface area contributed by atoms with Crippen LogP contribution in [0.5, 0.6) is 17.2 Å². The number of carbonyl (C=O) groups excluding carboxylic acids is 1. The fourth-order valence-corrected chi connectivity index (χ4v) is 2.76. The molecule has 0 bridgehead atoms. The van der Waals surface area contributed by atoms with Gasteiger partial charge in [-0.1, -0.05) is 18.2 Å². The van der Waals surface area contributed by atoms with Gasteiger partial charge in [0.15, 0.2) is 11.5 Å². The van der Waals surface area contributed by atoms with Gasteiger partial charge >= 0.3 is 0 Å². The van der Waals surface area contributed by atoms with Crippen LogP contribution in [0.4, 0.5) is 0 Å². The molecule has 0 radical (unpaired) electrons. The number of nitriles is 1. The summed E-state index contributed by atoms with van der Waals surface area (Å²) in [6, 6.07) is 13.6. The first-order valence-corrected chi connectivity index (χ1v) is 9.76. The molecule has 29 heavy (non-hydrogen) atoms. The number of hydrogen-bond acceptors (Lipinski definition) is 5. The van der Waals surface area contributed by atoms with E-state index in [0.29, 0.717) is 44.3 Å². The summed E-state index contributed by atoms with van der Waals surface area (Å²) >= 11 is 0. The average molecular weight is 396 g/mol. The molecule has 0 aromatic heterocycles. The summed E-state index contributed by atoms with van der Waals surface area (Å²) in [5.41, 5.74) is 3.35. The predicted molar refractivity (Wildman–Crippen MR) is 111 cm³/mol. The highest BCUT2D eigenvalue weighted by molar-refractivity contribution is 5.77. The largest absolute Gasteiger partial charge is 0.490 e. The maximum Gasteiger partial charge on any atom is 0.234 e. The zero-order valence-corrected chi connectivity index (χ0v) is 17.3. The number of nitrogens with zero attached hydrogens (tertiary/aromatic N) is 1. The van der Waals surface area contributed by atoms with Crippen LogP contribution in [0.2, 0.25) is 0 Å². The second kappa shape index (κ2) is 11.6. The van der Waals surface area contributed by atoms with Crippen LogP contribution < -0.4 is 19.5 Å². The van der Waals surface area contributed by atoms with Crippen LogP contribution in [0, 0.1) is 25.2 Å². The minimum absolute atomic E-state index is 0.124. The number of benzene rings is 2. The van der Waals surface area contributed by atoms with E-state index in [1.807, 2.05) is 50.2 Å².